The van der Waals surface area contributed by atoms with E-state index in [0.29, 0.717) is 31.7 Å². The number of amides is 1. The van der Waals surface area contributed by atoms with E-state index >= 15 is 0 Å². The van der Waals surface area contributed by atoms with Crippen molar-refractivity contribution >= 4 is 17.5 Å². The van der Waals surface area contributed by atoms with E-state index in [-0.39, 0.29) is 17.3 Å². The summed E-state index contributed by atoms with van der Waals surface area (Å²) in [5.41, 5.74) is 11.4. The second-order valence-electron chi connectivity index (χ2n) is 9.23. The number of nitrogens with one attached hydrogen (secondary N) is 2. The van der Waals surface area contributed by atoms with Crippen LogP contribution in [0.25, 0.3) is 11.1 Å². The zero-order chi connectivity index (χ0) is 25.8. The molecule has 1 amide bonds. The average molecular weight is 495 g/mol. The summed E-state index contributed by atoms with van der Waals surface area (Å²) in [5.74, 6) is 0.519. The highest BCUT2D eigenvalue weighted by atomic mass is 16.2. The minimum absolute atomic E-state index is 0.189. The Morgan fingerprint density at radius 2 is 1.84 bits per heavy atom. The van der Waals surface area contributed by atoms with Gasteiger partial charge in [-0.15, -0.1) is 0 Å². The number of benzene rings is 2. The lowest BCUT2D eigenvalue weighted by Gasteiger charge is -2.16. The van der Waals surface area contributed by atoms with Crippen LogP contribution in [0.4, 0.5) is 11.6 Å². The number of aryl methyl sites for hydroxylation is 2. The topological polar surface area (TPSA) is 115 Å². The molecule has 1 atom stereocenters. The molecule has 2 aromatic carbocycles. The Kier molecular flexibility index (Phi) is 6.98. The lowest BCUT2D eigenvalue weighted by atomic mass is 9.98. The van der Waals surface area contributed by atoms with Crippen LogP contribution < -0.4 is 21.9 Å². The summed E-state index contributed by atoms with van der Waals surface area (Å²) in [6, 6.07) is 21.5. The number of hydrogen-bond acceptors (Lipinski definition) is 6. The zero-order valence-corrected chi connectivity index (χ0v) is 20.8. The van der Waals surface area contributed by atoms with Gasteiger partial charge in [0.15, 0.2) is 5.82 Å². The van der Waals surface area contributed by atoms with E-state index in [1.165, 1.54) is 11.1 Å². The molecule has 0 spiro atoms. The van der Waals surface area contributed by atoms with Crippen molar-refractivity contribution in [2.24, 2.45) is 0 Å². The smallest absolute Gasteiger partial charge is 0.294 e. The van der Waals surface area contributed by atoms with Crippen LogP contribution in [0.5, 0.6) is 0 Å². The fraction of sp³-hybridized carbons (Fsp3) is 0.241. The monoisotopic (exact) mass is 494 g/mol. The van der Waals surface area contributed by atoms with Crippen LogP contribution >= 0.6 is 0 Å². The van der Waals surface area contributed by atoms with Crippen molar-refractivity contribution in [3.63, 3.8) is 0 Å². The number of nitrogens with two attached hydrogens (primary N) is 1. The number of rotatable bonds is 8. The number of nitrogen functional groups attached to an aromatic ring is 1. The first kappa shape index (κ1) is 24.2. The van der Waals surface area contributed by atoms with Gasteiger partial charge >= 0.3 is 0 Å². The fourth-order valence-corrected chi connectivity index (χ4v) is 4.86. The molecule has 0 saturated heterocycles. The summed E-state index contributed by atoms with van der Waals surface area (Å²) in [5, 5.41) is 6.16. The van der Waals surface area contributed by atoms with Crippen LogP contribution in [-0.4, -0.2) is 27.0 Å². The predicted molar refractivity (Wildman–Crippen MR) is 145 cm³/mol. The maximum absolute atomic E-state index is 13.3. The number of hydrogen-bond donors (Lipinski definition) is 3. The largest absolute Gasteiger partial charge is 0.384 e. The molecule has 1 aliphatic heterocycles. The van der Waals surface area contributed by atoms with Gasteiger partial charge in [0.25, 0.3) is 5.56 Å². The molecular weight excluding hydrogens is 464 g/mol. The van der Waals surface area contributed by atoms with E-state index in [2.05, 4.69) is 44.9 Å². The summed E-state index contributed by atoms with van der Waals surface area (Å²) in [7, 11) is 0. The van der Waals surface area contributed by atoms with E-state index in [9.17, 15) is 9.59 Å². The third kappa shape index (κ3) is 5.23. The standard InChI is InChI=1S/C29H30N6O2/c1-19-22(11-14-26(30)34-19)17-33-28(36)25-13-12-23-18-32-27(29(37)35(23)25)31-16-15-21-9-5-6-10-24(21)20-7-3-2-4-8-20/h2-11,14,18,25H,12-13,15-17H2,1H3,(H2,30,34)(H,31,32)(H,33,36)/t25-/m0/s1. The van der Waals surface area contributed by atoms with Gasteiger partial charge in [0.05, 0.1) is 0 Å². The Morgan fingerprint density at radius 1 is 1.05 bits per heavy atom. The van der Waals surface area contributed by atoms with Crippen molar-refractivity contribution in [1.29, 1.82) is 0 Å². The molecule has 0 unspecified atom stereocenters. The Morgan fingerprint density at radius 3 is 2.65 bits per heavy atom. The van der Waals surface area contributed by atoms with Crippen LogP contribution in [0, 0.1) is 6.92 Å². The summed E-state index contributed by atoms with van der Waals surface area (Å²) >= 11 is 0. The van der Waals surface area contributed by atoms with Crippen molar-refractivity contribution < 1.29 is 4.79 Å². The molecular formula is C29H30N6O2. The van der Waals surface area contributed by atoms with Gasteiger partial charge < -0.3 is 16.4 Å². The van der Waals surface area contributed by atoms with Crippen molar-refractivity contribution in [2.45, 2.75) is 38.8 Å². The van der Waals surface area contributed by atoms with E-state index in [4.69, 9.17) is 5.73 Å². The Labute approximate surface area is 215 Å². The van der Waals surface area contributed by atoms with E-state index in [1.54, 1.807) is 16.8 Å². The molecule has 8 nitrogen and oxygen atoms in total. The summed E-state index contributed by atoms with van der Waals surface area (Å²) < 4.78 is 1.58. The van der Waals surface area contributed by atoms with Crippen LogP contribution in [-0.2, 0) is 24.2 Å². The number of carbonyl (C=O) groups is 1. The minimum atomic E-state index is -0.563. The maximum atomic E-state index is 13.3. The molecule has 4 N–H and O–H groups in total. The highest BCUT2D eigenvalue weighted by molar-refractivity contribution is 5.81. The quantitative estimate of drug-likeness (QED) is 0.344. The maximum Gasteiger partial charge on any atom is 0.294 e. The lowest BCUT2D eigenvalue weighted by molar-refractivity contribution is -0.124. The first-order valence-corrected chi connectivity index (χ1v) is 12.5. The van der Waals surface area contributed by atoms with Gasteiger partial charge in [-0.25, -0.2) is 9.97 Å². The summed E-state index contributed by atoms with van der Waals surface area (Å²) in [4.78, 5) is 35.0. The fourth-order valence-electron chi connectivity index (χ4n) is 4.86. The van der Waals surface area contributed by atoms with E-state index in [1.807, 2.05) is 43.3 Å². The SMILES string of the molecule is Cc1nc(N)ccc1CNC(=O)[C@@H]1CCc2cnc(NCCc3ccccc3-c3ccccc3)c(=O)n21. The number of anilines is 2. The van der Waals surface area contributed by atoms with Gasteiger partial charge in [-0.2, -0.15) is 0 Å². The van der Waals surface area contributed by atoms with Gasteiger partial charge in [0.1, 0.15) is 11.9 Å². The van der Waals surface area contributed by atoms with E-state index < -0.39 is 6.04 Å². The molecule has 1 aliphatic rings. The van der Waals surface area contributed by atoms with Gasteiger partial charge in [-0.05, 0) is 54.5 Å². The highest BCUT2D eigenvalue weighted by Gasteiger charge is 2.30. The number of pyridine rings is 1. The number of aromatic nitrogens is 3. The Hall–Kier alpha value is -4.46. The first-order valence-electron chi connectivity index (χ1n) is 12.5. The minimum Gasteiger partial charge on any atom is -0.384 e. The lowest BCUT2D eigenvalue weighted by Crippen LogP contribution is -2.36. The highest BCUT2D eigenvalue weighted by Crippen LogP contribution is 2.25. The van der Waals surface area contributed by atoms with E-state index in [0.717, 1.165) is 28.9 Å². The third-order valence-electron chi connectivity index (χ3n) is 6.82. The third-order valence-corrected chi connectivity index (χ3v) is 6.82. The molecule has 4 aromatic rings. The van der Waals surface area contributed by atoms with Crippen molar-refractivity contribution in [3.05, 3.63) is 106 Å². The zero-order valence-electron chi connectivity index (χ0n) is 20.8. The molecule has 8 heteroatoms. The van der Waals surface area contributed by atoms with Gasteiger partial charge in [0.2, 0.25) is 5.91 Å². The number of fused-ring (bicyclic) bond motifs is 1. The Bertz CT molecular complexity index is 1480. The molecule has 3 heterocycles. The van der Waals surface area contributed by atoms with Crippen LogP contribution in [0.2, 0.25) is 0 Å². The van der Waals surface area contributed by atoms with Gasteiger partial charge in [-0.1, -0.05) is 60.7 Å². The molecule has 5 rings (SSSR count). The molecule has 0 fully saturated rings. The van der Waals surface area contributed by atoms with Crippen molar-refractivity contribution in [2.75, 3.05) is 17.6 Å². The van der Waals surface area contributed by atoms with Gasteiger partial charge in [0, 0.05) is 30.7 Å². The predicted octanol–water partition coefficient (Wildman–Crippen LogP) is 3.65. The second kappa shape index (κ2) is 10.7. The molecule has 37 heavy (non-hydrogen) atoms. The van der Waals surface area contributed by atoms with Crippen LogP contribution in [0.3, 0.4) is 0 Å². The number of carbonyl (C=O) groups excluding carboxylic acids is 1. The molecule has 0 radical (unpaired) electrons. The van der Waals surface area contributed by atoms with Gasteiger partial charge in [-0.3, -0.25) is 14.2 Å². The average Bonchev–Trinajstić information content (AvgIpc) is 3.35. The van der Waals surface area contributed by atoms with Crippen LogP contribution in [0.15, 0.2) is 77.7 Å². The Balaban J connectivity index is 1.27. The van der Waals surface area contributed by atoms with Crippen LogP contribution in [0.1, 0.15) is 35.0 Å². The summed E-state index contributed by atoms with van der Waals surface area (Å²) in [6.45, 7) is 2.73. The molecule has 0 bridgehead atoms. The first-order chi connectivity index (χ1) is 18.0. The molecule has 0 aliphatic carbocycles. The molecule has 0 saturated carbocycles. The second-order valence-corrected chi connectivity index (χ2v) is 9.23. The van der Waals surface area contributed by atoms with Crippen molar-refractivity contribution in [1.82, 2.24) is 19.9 Å². The molecule has 2 aromatic heterocycles. The summed E-state index contributed by atoms with van der Waals surface area (Å²) in [6.07, 6.45) is 3.62. The molecule has 188 valence electrons. The van der Waals surface area contributed by atoms with Crippen molar-refractivity contribution in [3.8, 4) is 11.1 Å². The normalized spacial score (nSPS) is 14.2. The number of nitrogens with zero attached hydrogens (tertiary/aromatic N) is 3.